The molecule has 7 heteroatoms. The zero-order valence-electron chi connectivity index (χ0n) is 8.14. The van der Waals surface area contributed by atoms with Crippen LogP contribution in [0.3, 0.4) is 0 Å². The summed E-state index contributed by atoms with van der Waals surface area (Å²) in [5, 5.41) is -0.437. The highest BCUT2D eigenvalue weighted by atomic mass is 35.5. The van der Waals surface area contributed by atoms with Gasteiger partial charge in [-0.3, -0.25) is 0 Å². The van der Waals surface area contributed by atoms with E-state index in [0.717, 1.165) is 13.2 Å². The first-order valence-electron chi connectivity index (χ1n) is 4.13. The lowest BCUT2D eigenvalue weighted by Gasteiger charge is -2.09. The van der Waals surface area contributed by atoms with Gasteiger partial charge in [-0.2, -0.15) is 0 Å². The highest BCUT2D eigenvalue weighted by Gasteiger charge is 2.21. The molecule has 16 heavy (non-hydrogen) atoms. The summed E-state index contributed by atoms with van der Waals surface area (Å²) in [7, 11) is 1.15. The van der Waals surface area contributed by atoms with E-state index in [1.165, 1.54) is 0 Å². The number of halogens is 4. The molecule has 0 aromatic carbocycles. The fourth-order valence-electron chi connectivity index (χ4n) is 1.12. The van der Waals surface area contributed by atoms with Crippen LogP contribution in [0.2, 0.25) is 5.15 Å². The molecular weight excluding hydrogens is 263 g/mol. The molecule has 0 spiro atoms. The zero-order chi connectivity index (χ0) is 12.3. The van der Waals surface area contributed by atoms with Gasteiger partial charge in [0.05, 0.1) is 12.7 Å². The monoisotopic (exact) mass is 269 g/mol. The van der Waals surface area contributed by atoms with Crippen LogP contribution in [0, 0.1) is 0 Å². The SMILES string of the molecule is COC(=O)c1cc(CCl)c(C(F)F)c(Cl)n1. The molecule has 0 aliphatic heterocycles. The van der Waals surface area contributed by atoms with E-state index in [0.29, 0.717) is 0 Å². The van der Waals surface area contributed by atoms with Crippen molar-refractivity contribution in [2.24, 2.45) is 0 Å². The van der Waals surface area contributed by atoms with Gasteiger partial charge in [0.15, 0.2) is 0 Å². The standard InChI is InChI=1S/C9H7Cl2F2NO2/c1-16-9(15)5-2-4(3-10)6(8(12)13)7(11)14-5/h2,8H,3H2,1H3. The third kappa shape index (κ3) is 2.59. The molecule has 0 atom stereocenters. The lowest BCUT2D eigenvalue weighted by atomic mass is 10.1. The second-order valence-electron chi connectivity index (χ2n) is 2.80. The van der Waals surface area contributed by atoms with Gasteiger partial charge in [-0.25, -0.2) is 18.6 Å². The number of ether oxygens (including phenoxy) is 1. The van der Waals surface area contributed by atoms with Crippen LogP contribution in [-0.2, 0) is 10.6 Å². The normalized spacial score (nSPS) is 10.6. The van der Waals surface area contributed by atoms with E-state index in [-0.39, 0.29) is 17.1 Å². The molecule has 1 aromatic heterocycles. The number of aromatic nitrogens is 1. The first kappa shape index (κ1) is 13.1. The number of carbonyl (C=O) groups is 1. The van der Waals surface area contributed by atoms with Crippen molar-refractivity contribution in [3.05, 3.63) is 28.0 Å². The van der Waals surface area contributed by atoms with Gasteiger partial charge in [0.2, 0.25) is 0 Å². The Morgan fingerprint density at radius 2 is 2.25 bits per heavy atom. The summed E-state index contributed by atoms with van der Waals surface area (Å²) in [4.78, 5) is 14.7. The molecule has 0 unspecified atom stereocenters. The number of hydrogen-bond acceptors (Lipinski definition) is 3. The number of carbonyl (C=O) groups excluding carboxylic acids is 1. The molecule has 1 heterocycles. The maximum Gasteiger partial charge on any atom is 0.356 e. The average Bonchev–Trinajstić information content (AvgIpc) is 2.26. The predicted octanol–water partition coefficient (Wildman–Crippen LogP) is 3.20. The molecule has 0 radical (unpaired) electrons. The Labute approximate surface area is 100 Å². The quantitative estimate of drug-likeness (QED) is 0.481. The van der Waals surface area contributed by atoms with E-state index >= 15 is 0 Å². The van der Waals surface area contributed by atoms with Gasteiger partial charge in [-0.15, -0.1) is 11.6 Å². The minimum absolute atomic E-state index is 0.0667. The Balaban J connectivity index is 3.32. The molecule has 1 rings (SSSR count). The van der Waals surface area contributed by atoms with Gasteiger partial charge in [-0.1, -0.05) is 11.6 Å². The lowest BCUT2D eigenvalue weighted by molar-refractivity contribution is 0.0593. The maximum absolute atomic E-state index is 12.6. The minimum atomic E-state index is -2.79. The predicted molar refractivity (Wildman–Crippen MR) is 55.1 cm³/mol. The van der Waals surface area contributed by atoms with Crippen molar-refractivity contribution in [2.45, 2.75) is 12.3 Å². The zero-order valence-corrected chi connectivity index (χ0v) is 9.65. The van der Waals surface area contributed by atoms with E-state index in [1.54, 1.807) is 0 Å². The van der Waals surface area contributed by atoms with Gasteiger partial charge < -0.3 is 4.74 Å². The Morgan fingerprint density at radius 3 is 2.69 bits per heavy atom. The number of methoxy groups -OCH3 is 1. The molecule has 0 amide bonds. The van der Waals surface area contributed by atoms with Crippen molar-refractivity contribution in [1.29, 1.82) is 0 Å². The first-order chi connectivity index (χ1) is 7.51. The summed E-state index contributed by atoms with van der Waals surface area (Å²) in [6, 6.07) is 1.15. The van der Waals surface area contributed by atoms with Crippen molar-refractivity contribution in [1.82, 2.24) is 4.98 Å². The molecule has 0 aliphatic carbocycles. The van der Waals surface area contributed by atoms with Crippen LogP contribution in [0.25, 0.3) is 0 Å². The number of pyridine rings is 1. The Kier molecular flexibility index (Phi) is 4.44. The Hall–Kier alpha value is -0.940. The van der Waals surface area contributed by atoms with Crippen molar-refractivity contribution >= 4 is 29.2 Å². The van der Waals surface area contributed by atoms with Crippen molar-refractivity contribution in [3.63, 3.8) is 0 Å². The molecule has 0 aliphatic rings. The Bertz CT molecular complexity index is 413. The van der Waals surface area contributed by atoms with Gasteiger partial charge in [0, 0.05) is 5.88 Å². The molecule has 0 N–H and O–H groups in total. The number of rotatable bonds is 3. The molecular formula is C9H7Cl2F2NO2. The van der Waals surface area contributed by atoms with Gasteiger partial charge in [-0.05, 0) is 11.6 Å². The Morgan fingerprint density at radius 1 is 1.62 bits per heavy atom. The van der Waals surface area contributed by atoms with Gasteiger partial charge >= 0.3 is 5.97 Å². The summed E-state index contributed by atoms with van der Waals surface area (Å²) in [6.07, 6.45) is -2.79. The summed E-state index contributed by atoms with van der Waals surface area (Å²) in [6.45, 7) is 0. The summed E-state index contributed by atoms with van der Waals surface area (Å²) < 4.78 is 29.6. The van der Waals surface area contributed by atoms with Crippen LogP contribution >= 0.6 is 23.2 Å². The third-order valence-electron chi connectivity index (χ3n) is 1.85. The second-order valence-corrected chi connectivity index (χ2v) is 3.42. The van der Waals surface area contributed by atoms with E-state index < -0.39 is 23.1 Å². The summed E-state index contributed by atoms with van der Waals surface area (Å²) >= 11 is 11.0. The fourth-order valence-corrected chi connectivity index (χ4v) is 1.64. The number of esters is 1. The number of hydrogen-bond donors (Lipinski definition) is 0. The van der Waals surface area contributed by atoms with Crippen LogP contribution < -0.4 is 0 Å². The highest BCUT2D eigenvalue weighted by Crippen LogP contribution is 2.30. The highest BCUT2D eigenvalue weighted by molar-refractivity contribution is 6.30. The number of nitrogens with zero attached hydrogens (tertiary/aromatic N) is 1. The molecule has 0 fully saturated rings. The molecule has 3 nitrogen and oxygen atoms in total. The van der Waals surface area contributed by atoms with E-state index in [4.69, 9.17) is 23.2 Å². The van der Waals surface area contributed by atoms with E-state index in [2.05, 4.69) is 9.72 Å². The second kappa shape index (κ2) is 5.41. The van der Waals surface area contributed by atoms with Crippen molar-refractivity contribution < 1.29 is 18.3 Å². The van der Waals surface area contributed by atoms with E-state index in [9.17, 15) is 13.6 Å². The van der Waals surface area contributed by atoms with Crippen molar-refractivity contribution in [2.75, 3.05) is 7.11 Å². The number of alkyl halides is 3. The molecule has 88 valence electrons. The van der Waals surface area contributed by atoms with Gasteiger partial charge in [0.25, 0.3) is 6.43 Å². The minimum Gasteiger partial charge on any atom is -0.464 e. The van der Waals surface area contributed by atoms with Crippen LogP contribution in [-0.4, -0.2) is 18.1 Å². The average molecular weight is 270 g/mol. The molecule has 0 saturated carbocycles. The van der Waals surface area contributed by atoms with Crippen LogP contribution in [0.15, 0.2) is 6.07 Å². The first-order valence-corrected chi connectivity index (χ1v) is 5.04. The molecule has 1 aromatic rings. The summed E-state index contributed by atoms with van der Waals surface area (Å²) in [5.74, 6) is -0.944. The lowest BCUT2D eigenvalue weighted by Crippen LogP contribution is -2.08. The van der Waals surface area contributed by atoms with Crippen LogP contribution in [0.1, 0.15) is 28.0 Å². The molecule has 0 saturated heterocycles. The fraction of sp³-hybridized carbons (Fsp3) is 0.333. The maximum atomic E-state index is 12.6. The smallest absolute Gasteiger partial charge is 0.356 e. The van der Waals surface area contributed by atoms with E-state index in [1.807, 2.05) is 0 Å². The topological polar surface area (TPSA) is 39.2 Å². The van der Waals surface area contributed by atoms with Crippen molar-refractivity contribution in [3.8, 4) is 0 Å². The van der Waals surface area contributed by atoms with Crippen LogP contribution in [0.5, 0.6) is 0 Å². The van der Waals surface area contributed by atoms with Gasteiger partial charge in [0.1, 0.15) is 10.8 Å². The largest absolute Gasteiger partial charge is 0.464 e. The summed E-state index contributed by atoms with van der Waals surface area (Å²) in [5.41, 5.74) is -0.533. The third-order valence-corrected chi connectivity index (χ3v) is 2.43. The molecule has 0 bridgehead atoms. The van der Waals surface area contributed by atoms with Crippen LogP contribution in [0.4, 0.5) is 8.78 Å².